The maximum absolute atomic E-state index is 10.9. The lowest BCUT2D eigenvalue weighted by molar-refractivity contribution is 0.0697. The molecule has 19 heavy (non-hydrogen) atoms. The lowest BCUT2D eigenvalue weighted by Gasteiger charge is -2.17. The molecule has 2 rings (SSSR count). The average molecular weight is 264 g/mol. The molecule has 0 aliphatic carbocycles. The van der Waals surface area contributed by atoms with E-state index < -0.39 is 5.97 Å². The van der Waals surface area contributed by atoms with Crippen LogP contribution < -0.4 is 4.90 Å². The third-order valence-electron chi connectivity index (χ3n) is 2.84. The Morgan fingerprint density at radius 2 is 2.32 bits per heavy atom. The first-order chi connectivity index (χ1) is 9.15. The van der Waals surface area contributed by atoms with Gasteiger partial charge in [-0.1, -0.05) is 0 Å². The molecule has 6 heteroatoms. The van der Waals surface area contributed by atoms with Crippen LogP contribution in [-0.4, -0.2) is 42.9 Å². The highest BCUT2D eigenvalue weighted by Crippen LogP contribution is 2.22. The van der Waals surface area contributed by atoms with Gasteiger partial charge in [0.05, 0.1) is 12.2 Å². The molecule has 0 spiro atoms. The Balaban J connectivity index is 2.31. The fourth-order valence-electron chi connectivity index (χ4n) is 1.77. The summed E-state index contributed by atoms with van der Waals surface area (Å²) in [6.07, 6.45) is 0. The van der Waals surface area contributed by atoms with E-state index in [1.807, 2.05) is 11.8 Å². The second-order valence-corrected chi connectivity index (χ2v) is 4.06. The van der Waals surface area contributed by atoms with E-state index in [0.717, 1.165) is 6.54 Å². The number of carboxylic acid groups (broad SMARTS) is 1. The highest BCUT2D eigenvalue weighted by atomic mass is 16.5. The number of fused-ring (bicyclic) bond motifs is 1. The van der Waals surface area contributed by atoms with Crippen LogP contribution in [0.25, 0.3) is 11.1 Å². The molecule has 0 bridgehead atoms. The molecule has 0 aliphatic heterocycles. The van der Waals surface area contributed by atoms with Gasteiger partial charge in [-0.25, -0.2) is 4.79 Å². The zero-order valence-corrected chi connectivity index (χ0v) is 10.9. The van der Waals surface area contributed by atoms with E-state index >= 15 is 0 Å². The number of benzene rings is 1. The van der Waals surface area contributed by atoms with Crippen molar-refractivity contribution in [3.05, 3.63) is 23.8 Å². The lowest BCUT2D eigenvalue weighted by atomic mass is 10.2. The minimum atomic E-state index is -0.980. The summed E-state index contributed by atoms with van der Waals surface area (Å²) in [4.78, 5) is 17.2. The summed E-state index contributed by atoms with van der Waals surface area (Å²) in [5.74, 6) is -0.980. The van der Waals surface area contributed by atoms with Gasteiger partial charge in [0, 0.05) is 20.2 Å². The van der Waals surface area contributed by atoms with E-state index in [-0.39, 0.29) is 5.56 Å². The average Bonchev–Trinajstić information content (AvgIpc) is 2.82. The van der Waals surface area contributed by atoms with Gasteiger partial charge >= 0.3 is 5.97 Å². The van der Waals surface area contributed by atoms with Crippen molar-refractivity contribution in [3.63, 3.8) is 0 Å². The van der Waals surface area contributed by atoms with E-state index in [9.17, 15) is 4.79 Å². The largest absolute Gasteiger partial charge is 0.478 e. The molecular formula is C13H16N2O4. The first kappa shape index (κ1) is 13.4. The number of rotatable bonds is 6. The van der Waals surface area contributed by atoms with Crippen molar-refractivity contribution in [1.82, 2.24) is 4.98 Å². The van der Waals surface area contributed by atoms with Crippen LogP contribution in [0.1, 0.15) is 17.3 Å². The molecule has 0 saturated carbocycles. The summed E-state index contributed by atoms with van der Waals surface area (Å²) in [5, 5.41) is 8.93. The molecule has 0 unspecified atom stereocenters. The number of aromatic carboxylic acids is 1. The first-order valence-electron chi connectivity index (χ1n) is 6.03. The number of methoxy groups -OCH3 is 1. The Morgan fingerprint density at radius 1 is 1.53 bits per heavy atom. The van der Waals surface area contributed by atoms with Gasteiger partial charge in [-0.2, -0.15) is 4.98 Å². The number of aromatic nitrogens is 1. The van der Waals surface area contributed by atoms with Crippen molar-refractivity contribution < 1.29 is 19.1 Å². The predicted octanol–water partition coefficient (Wildman–Crippen LogP) is 2.00. The highest BCUT2D eigenvalue weighted by Gasteiger charge is 2.14. The molecule has 0 amide bonds. The van der Waals surface area contributed by atoms with Crippen LogP contribution in [0.3, 0.4) is 0 Å². The molecule has 1 N–H and O–H groups in total. The molecule has 0 atom stereocenters. The standard InChI is InChI=1S/C13H16N2O4/c1-3-15(6-7-18-2)13-14-10-5-4-9(12(16)17)8-11(10)19-13/h4-5,8H,3,6-7H2,1-2H3,(H,16,17). The molecule has 0 saturated heterocycles. The summed E-state index contributed by atoms with van der Waals surface area (Å²) in [6.45, 7) is 3.98. The van der Waals surface area contributed by atoms with Gasteiger partial charge < -0.3 is 19.2 Å². The Kier molecular flexibility index (Phi) is 4.01. The lowest BCUT2D eigenvalue weighted by Crippen LogP contribution is -2.26. The van der Waals surface area contributed by atoms with Gasteiger partial charge in [0.2, 0.25) is 0 Å². The number of likely N-dealkylation sites (N-methyl/N-ethyl adjacent to an activating group) is 1. The van der Waals surface area contributed by atoms with Crippen LogP contribution in [0, 0.1) is 0 Å². The van der Waals surface area contributed by atoms with E-state index in [1.54, 1.807) is 13.2 Å². The number of carbonyl (C=O) groups is 1. The molecule has 1 aromatic carbocycles. The number of ether oxygens (including phenoxy) is 1. The van der Waals surface area contributed by atoms with Crippen molar-refractivity contribution in [1.29, 1.82) is 0 Å². The fourth-order valence-corrected chi connectivity index (χ4v) is 1.77. The summed E-state index contributed by atoms with van der Waals surface area (Å²) < 4.78 is 10.6. The third kappa shape index (κ3) is 2.85. The SMILES string of the molecule is CCN(CCOC)c1nc2ccc(C(=O)O)cc2o1. The van der Waals surface area contributed by atoms with Crippen LogP contribution in [0.5, 0.6) is 0 Å². The quantitative estimate of drug-likeness (QED) is 0.860. The predicted molar refractivity (Wildman–Crippen MR) is 70.7 cm³/mol. The first-order valence-corrected chi connectivity index (χ1v) is 6.03. The highest BCUT2D eigenvalue weighted by molar-refractivity contribution is 5.92. The Bertz CT molecular complexity index is 579. The van der Waals surface area contributed by atoms with Crippen molar-refractivity contribution in [2.45, 2.75) is 6.92 Å². The van der Waals surface area contributed by atoms with Crippen LogP contribution >= 0.6 is 0 Å². The minimum Gasteiger partial charge on any atom is -0.478 e. The van der Waals surface area contributed by atoms with Crippen molar-refractivity contribution in [2.75, 3.05) is 31.7 Å². The van der Waals surface area contributed by atoms with E-state index in [4.69, 9.17) is 14.3 Å². The summed E-state index contributed by atoms with van der Waals surface area (Å²) in [7, 11) is 1.64. The monoisotopic (exact) mass is 264 g/mol. The van der Waals surface area contributed by atoms with Gasteiger partial charge in [-0.05, 0) is 25.1 Å². The van der Waals surface area contributed by atoms with E-state index in [0.29, 0.717) is 30.3 Å². The fraction of sp³-hybridized carbons (Fsp3) is 0.385. The molecule has 0 fully saturated rings. The Labute approximate surface area is 110 Å². The van der Waals surface area contributed by atoms with Crippen molar-refractivity contribution in [3.8, 4) is 0 Å². The Hall–Kier alpha value is -2.08. The van der Waals surface area contributed by atoms with Gasteiger partial charge in [0.1, 0.15) is 5.52 Å². The van der Waals surface area contributed by atoms with Gasteiger partial charge in [-0.15, -0.1) is 0 Å². The molecular weight excluding hydrogens is 248 g/mol. The number of carboxylic acids is 1. The maximum atomic E-state index is 10.9. The molecule has 6 nitrogen and oxygen atoms in total. The molecule has 102 valence electrons. The van der Waals surface area contributed by atoms with Gasteiger partial charge in [0.15, 0.2) is 5.58 Å². The number of hydrogen-bond donors (Lipinski definition) is 1. The normalized spacial score (nSPS) is 10.8. The molecule has 0 radical (unpaired) electrons. The van der Waals surface area contributed by atoms with E-state index in [1.165, 1.54) is 12.1 Å². The molecule has 1 heterocycles. The number of hydrogen-bond acceptors (Lipinski definition) is 5. The van der Waals surface area contributed by atoms with Crippen LogP contribution in [-0.2, 0) is 4.74 Å². The van der Waals surface area contributed by atoms with Crippen LogP contribution in [0.2, 0.25) is 0 Å². The number of anilines is 1. The Morgan fingerprint density at radius 3 is 2.95 bits per heavy atom. The zero-order chi connectivity index (χ0) is 13.8. The number of oxazole rings is 1. The second-order valence-electron chi connectivity index (χ2n) is 4.06. The molecule has 1 aromatic heterocycles. The van der Waals surface area contributed by atoms with Gasteiger partial charge in [-0.3, -0.25) is 0 Å². The van der Waals surface area contributed by atoms with Gasteiger partial charge in [0.25, 0.3) is 6.01 Å². The van der Waals surface area contributed by atoms with Crippen molar-refractivity contribution >= 4 is 23.1 Å². The van der Waals surface area contributed by atoms with Crippen LogP contribution in [0.15, 0.2) is 22.6 Å². The second kappa shape index (κ2) is 5.71. The maximum Gasteiger partial charge on any atom is 0.335 e. The van der Waals surface area contributed by atoms with Crippen molar-refractivity contribution in [2.24, 2.45) is 0 Å². The smallest absolute Gasteiger partial charge is 0.335 e. The number of nitrogens with zero attached hydrogens (tertiary/aromatic N) is 2. The van der Waals surface area contributed by atoms with Crippen LogP contribution in [0.4, 0.5) is 6.01 Å². The molecule has 2 aromatic rings. The van der Waals surface area contributed by atoms with E-state index in [2.05, 4.69) is 4.98 Å². The summed E-state index contributed by atoms with van der Waals surface area (Å²) in [5.41, 5.74) is 1.32. The third-order valence-corrected chi connectivity index (χ3v) is 2.84. The topological polar surface area (TPSA) is 75.8 Å². The summed E-state index contributed by atoms with van der Waals surface area (Å²) in [6, 6.07) is 5.13. The summed E-state index contributed by atoms with van der Waals surface area (Å²) >= 11 is 0. The molecule has 0 aliphatic rings. The zero-order valence-electron chi connectivity index (χ0n) is 10.9. The minimum absolute atomic E-state index is 0.190.